The van der Waals surface area contributed by atoms with Gasteiger partial charge in [-0.2, -0.15) is 8.42 Å². The molecule has 0 amide bonds. The van der Waals surface area contributed by atoms with Gasteiger partial charge in [0.15, 0.2) is 11.5 Å². The molecule has 1 rings (SSSR count). The van der Waals surface area contributed by atoms with Crippen LogP contribution in [0.4, 0.5) is 0 Å². The van der Waals surface area contributed by atoms with Crippen LogP contribution in [0.2, 0.25) is 0 Å². The zero-order valence-electron chi connectivity index (χ0n) is 10.2. The molecule has 0 spiro atoms. The van der Waals surface area contributed by atoms with Crippen molar-refractivity contribution < 1.29 is 26.6 Å². The number of rotatable bonds is 5. The zero-order valence-corrected chi connectivity index (χ0v) is 11.0. The first kappa shape index (κ1) is 14.3. The fraction of sp³-hybridized carbons (Fsp3) is 0.273. The number of methoxy groups -OCH3 is 2. The molecule has 1 N–H and O–H groups in total. The van der Waals surface area contributed by atoms with Gasteiger partial charge in [0.05, 0.1) is 14.2 Å². The summed E-state index contributed by atoms with van der Waals surface area (Å²) in [5.41, 5.74) is 0.744. The van der Waals surface area contributed by atoms with E-state index in [2.05, 4.69) is 4.18 Å². The van der Waals surface area contributed by atoms with Crippen LogP contribution in [0.15, 0.2) is 18.2 Å². The van der Waals surface area contributed by atoms with Gasteiger partial charge in [0.1, 0.15) is 0 Å². The molecule has 7 heteroatoms. The Hall–Kier alpha value is -1.73. The highest BCUT2D eigenvalue weighted by atomic mass is 32.3. The Labute approximate surface area is 106 Å². The average Bonchev–Trinajstić information content (AvgIpc) is 2.29. The first-order valence-corrected chi connectivity index (χ1v) is 6.33. The summed E-state index contributed by atoms with van der Waals surface area (Å²) in [5, 5.41) is 0. The van der Waals surface area contributed by atoms with Crippen molar-refractivity contribution in [2.24, 2.45) is 0 Å². The molecule has 0 aliphatic carbocycles. The summed E-state index contributed by atoms with van der Waals surface area (Å²) in [6.45, 7) is 1.83. The Bertz CT molecular complexity index is 522. The Balaban J connectivity index is 3.39. The van der Waals surface area contributed by atoms with Crippen molar-refractivity contribution in [1.82, 2.24) is 0 Å². The Kier molecular flexibility index (Phi) is 4.57. The van der Waals surface area contributed by atoms with Crippen molar-refractivity contribution >= 4 is 16.5 Å². The minimum Gasteiger partial charge on any atom is -0.493 e. The smallest absolute Gasteiger partial charge is 0.446 e. The molecule has 0 aromatic heterocycles. The van der Waals surface area contributed by atoms with Gasteiger partial charge in [-0.1, -0.05) is 12.2 Å². The van der Waals surface area contributed by atoms with E-state index in [9.17, 15) is 8.42 Å². The molecular weight excluding hydrogens is 260 g/mol. The maximum Gasteiger partial charge on any atom is 0.446 e. The maximum atomic E-state index is 10.8. The van der Waals surface area contributed by atoms with Gasteiger partial charge in [-0.05, 0) is 24.6 Å². The lowest BCUT2D eigenvalue weighted by atomic mass is 10.1. The average molecular weight is 274 g/mol. The molecule has 0 saturated heterocycles. The molecule has 0 unspecified atom stereocenters. The Morgan fingerprint density at radius 2 is 1.67 bits per heavy atom. The van der Waals surface area contributed by atoms with E-state index in [1.165, 1.54) is 14.2 Å². The van der Waals surface area contributed by atoms with Crippen LogP contribution in [-0.4, -0.2) is 27.2 Å². The second-order valence-electron chi connectivity index (χ2n) is 3.27. The predicted octanol–water partition coefficient (Wildman–Crippen LogP) is 1.92. The Morgan fingerprint density at radius 3 is 2.00 bits per heavy atom. The van der Waals surface area contributed by atoms with Crippen LogP contribution in [0.1, 0.15) is 12.5 Å². The molecule has 0 aliphatic heterocycles. The van der Waals surface area contributed by atoms with Crippen LogP contribution in [-0.2, 0) is 10.4 Å². The highest BCUT2D eigenvalue weighted by molar-refractivity contribution is 7.81. The topological polar surface area (TPSA) is 82.1 Å². The van der Waals surface area contributed by atoms with E-state index in [0.29, 0.717) is 0 Å². The zero-order chi connectivity index (χ0) is 13.8. The number of hydrogen-bond donors (Lipinski definition) is 1. The molecule has 100 valence electrons. The van der Waals surface area contributed by atoms with Gasteiger partial charge in [-0.25, -0.2) is 0 Å². The summed E-state index contributed by atoms with van der Waals surface area (Å²) in [4.78, 5) is 0. The lowest BCUT2D eigenvalue weighted by Crippen LogP contribution is -2.09. The molecule has 0 atom stereocenters. The SMILES string of the molecule is C/C=C/c1cc(OC)c(OS(=O)(=O)O)c(OC)c1. The third kappa shape index (κ3) is 3.64. The van der Waals surface area contributed by atoms with E-state index in [1.807, 2.05) is 6.92 Å². The monoisotopic (exact) mass is 274 g/mol. The third-order valence-corrected chi connectivity index (χ3v) is 2.41. The minimum atomic E-state index is -4.65. The highest BCUT2D eigenvalue weighted by Gasteiger charge is 2.19. The van der Waals surface area contributed by atoms with Gasteiger partial charge in [-0.3, -0.25) is 4.55 Å². The van der Waals surface area contributed by atoms with E-state index in [0.717, 1.165) is 5.56 Å². The summed E-state index contributed by atoms with van der Waals surface area (Å²) in [6, 6.07) is 3.12. The van der Waals surface area contributed by atoms with E-state index in [4.69, 9.17) is 14.0 Å². The molecular formula is C11H14O6S. The lowest BCUT2D eigenvalue weighted by Gasteiger charge is -2.13. The molecule has 0 saturated carbocycles. The molecule has 1 aromatic carbocycles. The van der Waals surface area contributed by atoms with E-state index in [1.54, 1.807) is 24.3 Å². The molecule has 6 nitrogen and oxygen atoms in total. The van der Waals surface area contributed by atoms with Crippen LogP contribution in [0.5, 0.6) is 17.2 Å². The minimum absolute atomic E-state index is 0.139. The van der Waals surface area contributed by atoms with Crippen molar-refractivity contribution in [3.8, 4) is 17.2 Å². The van der Waals surface area contributed by atoms with Crippen molar-refractivity contribution in [3.63, 3.8) is 0 Å². The van der Waals surface area contributed by atoms with Crippen LogP contribution in [0, 0.1) is 0 Å². The van der Waals surface area contributed by atoms with Crippen LogP contribution in [0.25, 0.3) is 6.08 Å². The third-order valence-electron chi connectivity index (χ3n) is 2.03. The normalized spacial score (nSPS) is 11.6. The fourth-order valence-electron chi connectivity index (χ4n) is 1.38. The fourth-order valence-corrected chi connectivity index (χ4v) is 1.75. The van der Waals surface area contributed by atoms with Crippen LogP contribution in [0.3, 0.4) is 0 Å². The lowest BCUT2D eigenvalue weighted by molar-refractivity contribution is 0.337. The summed E-state index contributed by atoms with van der Waals surface area (Å²) in [5.74, 6) is 0.0795. The van der Waals surface area contributed by atoms with Crippen molar-refractivity contribution in [2.75, 3.05) is 14.2 Å². The van der Waals surface area contributed by atoms with Crippen LogP contribution >= 0.6 is 0 Å². The summed E-state index contributed by atoms with van der Waals surface area (Å²) < 4.78 is 44.7. The summed E-state index contributed by atoms with van der Waals surface area (Å²) >= 11 is 0. The number of benzene rings is 1. The van der Waals surface area contributed by atoms with E-state index in [-0.39, 0.29) is 17.2 Å². The van der Waals surface area contributed by atoms with Crippen LogP contribution < -0.4 is 13.7 Å². The standard InChI is InChI=1S/C11H14O6S/c1-4-5-8-6-9(15-2)11(10(7-8)16-3)17-18(12,13)14/h4-7H,1-3H3,(H,12,13,14)/b5-4+. The Morgan fingerprint density at radius 1 is 1.17 bits per heavy atom. The molecule has 0 aliphatic rings. The number of allylic oxidation sites excluding steroid dienone is 1. The first-order chi connectivity index (χ1) is 8.41. The molecule has 0 fully saturated rings. The first-order valence-electron chi connectivity index (χ1n) is 4.97. The van der Waals surface area contributed by atoms with Gasteiger partial charge in [-0.15, -0.1) is 0 Å². The van der Waals surface area contributed by atoms with Crippen molar-refractivity contribution in [1.29, 1.82) is 0 Å². The second-order valence-corrected chi connectivity index (χ2v) is 4.29. The molecule has 0 radical (unpaired) electrons. The van der Waals surface area contributed by atoms with Crippen molar-refractivity contribution in [2.45, 2.75) is 6.92 Å². The van der Waals surface area contributed by atoms with Crippen molar-refractivity contribution in [3.05, 3.63) is 23.8 Å². The van der Waals surface area contributed by atoms with Gasteiger partial charge >= 0.3 is 10.4 Å². The molecule has 0 heterocycles. The molecule has 0 bridgehead atoms. The highest BCUT2D eigenvalue weighted by Crippen LogP contribution is 2.39. The largest absolute Gasteiger partial charge is 0.493 e. The van der Waals surface area contributed by atoms with Gasteiger partial charge in [0.2, 0.25) is 5.75 Å². The maximum absolute atomic E-state index is 10.8. The predicted molar refractivity (Wildman–Crippen MR) is 66.4 cm³/mol. The quantitative estimate of drug-likeness (QED) is 0.826. The van der Waals surface area contributed by atoms with Gasteiger partial charge in [0.25, 0.3) is 0 Å². The summed E-state index contributed by atoms with van der Waals surface area (Å²) in [6.07, 6.45) is 3.58. The second kappa shape index (κ2) is 5.74. The van der Waals surface area contributed by atoms with Gasteiger partial charge < -0.3 is 13.7 Å². The molecule has 18 heavy (non-hydrogen) atoms. The van der Waals surface area contributed by atoms with E-state index < -0.39 is 10.4 Å². The number of ether oxygens (including phenoxy) is 2. The molecule has 1 aromatic rings. The number of hydrogen-bond acceptors (Lipinski definition) is 5. The van der Waals surface area contributed by atoms with Gasteiger partial charge in [0, 0.05) is 0 Å². The summed E-state index contributed by atoms with van der Waals surface area (Å²) in [7, 11) is -1.94. The van der Waals surface area contributed by atoms with E-state index >= 15 is 0 Å².